The standard InChI is InChI=1S/C26H25Cl2N3O5S/c1-3-36-26(33)30-18-13-22-23(31(15-18)37(34,35)19-7-4-6-16(2)10-19)11-17(14-29-22)12-24(32)25-20(27)8-5-9-21(25)28/h4-11,14,18H,3,12-13,15H2,1-2H3,(H,30,33)/t18-/m1/s1. The summed E-state index contributed by atoms with van der Waals surface area (Å²) < 4.78 is 33.7. The van der Waals surface area contributed by atoms with Crippen molar-refractivity contribution in [1.29, 1.82) is 0 Å². The molecule has 0 spiro atoms. The van der Waals surface area contributed by atoms with E-state index in [0.29, 0.717) is 23.4 Å². The van der Waals surface area contributed by atoms with Gasteiger partial charge in [0.05, 0.1) is 51.1 Å². The molecule has 1 N–H and O–H groups in total. The molecule has 1 aliphatic heterocycles. The number of halogens is 2. The van der Waals surface area contributed by atoms with Gasteiger partial charge in [-0.2, -0.15) is 0 Å². The lowest BCUT2D eigenvalue weighted by Crippen LogP contribution is -2.50. The van der Waals surface area contributed by atoms with Crippen LogP contribution in [-0.4, -0.2) is 44.5 Å². The molecule has 1 amide bonds. The Morgan fingerprint density at radius 3 is 2.51 bits per heavy atom. The van der Waals surface area contributed by atoms with Gasteiger partial charge in [0.2, 0.25) is 0 Å². The van der Waals surface area contributed by atoms with Crippen LogP contribution in [0.3, 0.4) is 0 Å². The normalized spacial score (nSPS) is 15.1. The molecule has 11 heteroatoms. The van der Waals surface area contributed by atoms with Gasteiger partial charge in [-0.15, -0.1) is 0 Å². The van der Waals surface area contributed by atoms with Crippen molar-refractivity contribution in [3.05, 3.63) is 87.2 Å². The molecule has 3 aromatic rings. The van der Waals surface area contributed by atoms with E-state index in [1.165, 1.54) is 16.6 Å². The fourth-order valence-corrected chi connectivity index (χ4v) is 6.44. The molecule has 4 rings (SSSR count). The van der Waals surface area contributed by atoms with E-state index in [4.69, 9.17) is 27.9 Å². The Labute approximate surface area is 225 Å². The maximum absolute atomic E-state index is 13.8. The van der Waals surface area contributed by atoms with Crippen molar-refractivity contribution in [2.45, 2.75) is 37.6 Å². The van der Waals surface area contributed by atoms with Gasteiger partial charge in [0, 0.05) is 19.0 Å². The average Bonchev–Trinajstić information content (AvgIpc) is 2.83. The number of Topliss-reactive ketones (excluding diaryl/α,β-unsaturated/α-hetero) is 1. The van der Waals surface area contributed by atoms with E-state index in [1.54, 1.807) is 56.3 Å². The molecule has 1 aromatic heterocycles. The molecule has 2 heterocycles. The number of alkyl carbamates (subject to hydrolysis) is 1. The molecular formula is C26H25Cl2N3O5S. The van der Waals surface area contributed by atoms with Crippen LogP contribution in [0.15, 0.2) is 59.6 Å². The largest absolute Gasteiger partial charge is 0.450 e. The number of fused-ring (bicyclic) bond motifs is 1. The molecule has 0 unspecified atom stereocenters. The minimum atomic E-state index is -4.02. The van der Waals surface area contributed by atoms with Gasteiger partial charge in [-0.1, -0.05) is 41.4 Å². The zero-order valence-corrected chi connectivity index (χ0v) is 22.5. The van der Waals surface area contributed by atoms with E-state index in [0.717, 1.165) is 5.56 Å². The molecule has 8 nitrogen and oxygen atoms in total. The Kier molecular flexibility index (Phi) is 8.06. The first-order valence-corrected chi connectivity index (χ1v) is 13.8. The molecule has 0 fully saturated rings. The van der Waals surface area contributed by atoms with Crippen LogP contribution in [0.1, 0.15) is 34.1 Å². The van der Waals surface area contributed by atoms with Gasteiger partial charge >= 0.3 is 6.09 Å². The van der Waals surface area contributed by atoms with Gasteiger partial charge < -0.3 is 10.1 Å². The number of ketones is 1. The molecule has 1 aliphatic rings. The number of ether oxygens (including phenoxy) is 1. The van der Waals surface area contributed by atoms with Gasteiger partial charge in [-0.25, -0.2) is 13.2 Å². The van der Waals surface area contributed by atoms with Crippen LogP contribution >= 0.6 is 23.2 Å². The molecule has 0 saturated heterocycles. The number of rotatable bonds is 7. The third-order valence-corrected chi connectivity index (χ3v) is 8.29. The topological polar surface area (TPSA) is 106 Å². The second-order valence-corrected chi connectivity index (χ2v) is 11.3. The lowest BCUT2D eigenvalue weighted by atomic mass is 10.0. The second kappa shape index (κ2) is 11.1. The number of benzene rings is 2. The molecule has 0 bridgehead atoms. The number of amides is 1. The van der Waals surface area contributed by atoms with Gasteiger partial charge in [-0.05, 0) is 55.3 Å². The number of carbonyl (C=O) groups excluding carboxylic acids is 2. The van der Waals surface area contributed by atoms with E-state index in [1.807, 2.05) is 0 Å². The minimum Gasteiger partial charge on any atom is -0.450 e. The molecule has 37 heavy (non-hydrogen) atoms. The number of nitrogens with one attached hydrogen (secondary N) is 1. The van der Waals surface area contributed by atoms with Crippen LogP contribution < -0.4 is 9.62 Å². The lowest BCUT2D eigenvalue weighted by molar-refractivity contribution is 0.0993. The van der Waals surface area contributed by atoms with Crippen molar-refractivity contribution >= 4 is 50.8 Å². The van der Waals surface area contributed by atoms with E-state index in [9.17, 15) is 18.0 Å². The Morgan fingerprint density at radius 2 is 1.84 bits per heavy atom. The van der Waals surface area contributed by atoms with E-state index >= 15 is 0 Å². The lowest BCUT2D eigenvalue weighted by Gasteiger charge is -2.35. The summed E-state index contributed by atoms with van der Waals surface area (Å²) in [5.74, 6) is -0.317. The molecule has 0 aliphatic carbocycles. The average molecular weight is 562 g/mol. The number of hydrogen-bond acceptors (Lipinski definition) is 6. The summed E-state index contributed by atoms with van der Waals surface area (Å²) in [5, 5.41) is 3.19. The number of aromatic nitrogens is 1. The smallest absolute Gasteiger partial charge is 0.407 e. The van der Waals surface area contributed by atoms with Gasteiger partial charge in [0.1, 0.15) is 0 Å². The maximum Gasteiger partial charge on any atom is 0.407 e. The van der Waals surface area contributed by atoms with Crippen molar-refractivity contribution in [3.63, 3.8) is 0 Å². The number of carbonyl (C=O) groups is 2. The van der Waals surface area contributed by atoms with Crippen LogP contribution in [0, 0.1) is 6.92 Å². The zero-order chi connectivity index (χ0) is 26.7. The molecule has 2 aromatic carbocycles. The first-order valence-electron chi connectivity index (χ1n) is 11.6. The van der Waals surface area contributed by atoms with Crippen LogP contribution in [0.5, 0.6) is 0 Å². The number of anilines is 1. The Hall–Kier alpha value is -3.14. The van der Waals surface area contributed by atoms with E-state index in [2.05, 4.69) is 10.3 Å². The van der Waals surface area contributed by atoms with Crippen molar-refractivity contribution in [3.8, 4) is 0 Å². The minimum absolute atomic E-state index is 0.0302. The highest BCUT2D eigenvalue weighted by atomic mass is 35.5. The molecular weight excluding hydrogens is 537 g/mol. The predicted octanol–water partition coefficient (Wildman–Crippen LogP) is 4.99. The highest BCUT2D eigenvalue weighted by molar-refractivity contribution is 7.92. The number of nitrogens with zero attached hydrogens (tertiary/aromatic N) is 2. The summed E-state index contributed by atoms with van der Waals surface area (Å²) >= 11 is 12.4. The van der Waals surface area contributed by atoms with E-state index in [-0.39, 0.29) is 45.9 Å². The van der Waals surface area contributed by atoms with Gasteiger partial charge in [-0.3, -0.25) is 14.1 Å². The summed E-state index contributed by atoms with van der Waals surface area (Å²) in [6.07, 6.45) is 1.10. The highest BCUT2D eigenvalue weighted by Crippen LogP contribution is 2.33. The van der Waals surface area contributed by atoms with Crippen molar-refractivity contribution in [1.82, 2.24) is 10.3 Å². The van der Waals surface area contributed by atoms with Crippen LogP contribution in [0.25, 0.3) is 0 Å². The second-order valence-electron chi connectivity index (χ2n) is 8.62. The molecule has 0 saturated carbocycles. The Morgan fingerprint density at radius 1 is 1.14 bits per heavy atom. The van der Waals surface area contributed by atoms with Crippen LogP contribution in [0.2, 0.25) is 10.0 Å². The SMILES string of the molecule is CCOC(=O)N[C@@H]1Cc2ncc(CC(=O)c3c(Cl)cccc3Cl)cc2N(S(=O)(=O)c2cccc(C)c2)C1. The summed E-state index contributed by atoms with van der Waals surface area (Å²) in [7, 11) is -4.02. The van der Waals surface area contributed by atoms with Gasteiger partial charge in [0.15, 0.2) is 5.78 Å². The zero-order valence-electron chi connectivity index (χ0n) is 20.2. The summed E-state index contributed by atoms with van der Waals surface area (Å²) in [5.41, 5.74) is 2.30. The maximum atomic E-state index is 13.8. The fraction of sp³-hybridized carbons (Fsp3) is 0.269. The van der Waals surface area contributed by atoms with Crippen molar-refractivity contribution in [2.24, 2.45) is 0 Å². The number of pyridine rings is 1. The molecule has 0 radical (unpaired) electrons. The summed E-state index contributed by atoms with van der Waals surface area (Å²) in [4.78, 5) is 29.7. The van der Waals surface area contributed by atoms with E-state index < -0.39 is 22.2 Å². The first-order chi connectivity index (χ1) is 17.6. The molecule has 194 valence electrons. The van der Waals surface area contributed by atoms with Crippen molar-refractivity contribution < 1.29 is 22.7 Å². The predicted molar refractivity (Wildman–Crippen MR) is 142 cm³/mol. The third kappa shape index (κ3) is 5.89. The summed E-state index contributed by atoms with van der Waals surface area (Å²) in [6.45, 7) is 3.65. The molecule has 1 atom stereocenters. The quantitative estimate of drug-likeness (QED) is 0.407. The third-order valence-electron chi connectivity index (χ3n) is 5.88. The first kappa shape index (κ1) is 26.9. The van der Waals surface area contributed by atoms with Crippen LogP contribution in [0.4, 0.5) is 10.5 Å². The fourth-order valence-electron chi connectivity index (χ4n) is 4.19. The van der Waals surface area contributed by atoms with Crippen molar-refractivity contribution in [2.75, 3.05) is 17.5 Å². The Bertz CT molecular complexity index is 1440. The van der Waals surface area contributed by atoms with Crippen LogP contribution in [-0.2, 0) is 27.6 Å². The monoisotopic (exact) mass is 561 g/mol. The number of sulfonamides is 1. The number of hydrogen-bond donors (Lipinski definition) is 1. The summed E-state index contributed by atoms with van der Waals surface area (Å²) in [6, 6.07) is 12.5. The number of aryl methyl sites for hydroxylation is 1. The van der Waals surface area contributed by atoms with Gasteiger partial charge in [0.25, 0.3) is 10.0 Å². The Balaban J connectivity index is 1.72. The highest BCUT2D eigenvalue weighted by Gasteiger charge is 2.35.